The molecule has 0 radical (unpaired) electrons. The van der Waals surface area contributed by atoms with Gasteiger partial charge in [0.2, 0.25) is 5.91 Å². The molecule has 1 N–H and O–H groups in total. The number of carbonyl (C=O) groups excluding carboxylic acids is 1. The summed E-state index contributed by atoms with van der Waals surface area (Å²) in [5.41, 5.74) is 2.46. The van der Waals surface area contributed by atoms with Crippen LogP contribution in [0, 0.1) is 0 Å². The largest absolute Gasteiger partial charge is 0.497 e. The number of nitrogens with one attached hydrogen (secondary N) is 1. The lowest BCUT2D eigenvalue weighted by molar-refractivity contribution is -0.122. The first-order valence-electron chi connectivity index (χ1n) is 9.16. The molecule has 0 atom stereocenters. The van der Waals surface area contributed by atoms with Gasteiger partial charge < -0.3 is 15.0 Å². The maximum Gasteiger partial charge on any atom is 0.234 e. The van der Waals surface area contributed by atoms with Crippen LogP contribution in [0.15, 0.2) is 54.6 Å². The van der Waals surface area contributed by atoms with Crippen LogP contribution >= 0.6 is 0 Å². The number of hydrogen-bond donors (Lipinski definition) is 1. The van der Waals surface area contributed by atoms with Crippen molar-refractivity contribution in [1.82, 2.24) is 10.2 Å². The van der Waals surface area contributed by atoms with E-state index in [1.54, 1.807) is 7.11 Å². The second-order valence-electron chi connectivity index (χ2n) is 6.55. The molecule has 5 heteroatoms. The van der Waals surface area contributed by atoms with Crippen LogP contribution in [0.2, 0.25) is 0 Å². The molecular weight excluding hydrogens is 326 g/mol. The van der Waals surface area contributed by atoms with Crippen LogP contribution in [0.4, 0.5) is 5.69 Å². The van der Waals surface area contributed by atoms with Crippen LogP contribution in [0.1, 0.15) is 5.56 Å². The van der Waals surface area contributed by atoms with Crippen molar-refractivity contribution in [2.45, 2.75) is 6.42 Å². The molecule has 0 bridgehead atoms. The minimum Gasteiger partial charge on any atom is -0.497 e. The molecule has 1 heterocycles. The quantitative estimate of drug-likeness (QED) is 0.829. The molecule has 26 heavy (non-hydrogen) atoms. The van der Waals surface area contributed by atoms with Crippen molar-refractivity contribution in [3.63, 3.8) is 0 Å². The van der Waals surface area contributed by atoms with Gasteiger partial charge in [0.15, 0.2) is 0 Å². The minimum absolute atomic E-state index is 0.103. The lowest BCUT2D eigenvalue weighted by atomic mass is 10.1. The third kappa shape index (κ3) is 5.23. The Hall–Kier alpha value is -2.53. The molecule has 1 saturated heterocycles. The van der Waals surface area contributed by atoms with Crippen molar-refractivity contribution in [2.75, 3.05) is 51.3 Å². The fraction of sp³-hybridized carbons (Fsp3) is 0.381. The third-order valence-electron chi connectivity index (χ3n) is 4.76. The summed E-state index contributed by atoms with van der Waals surface area (Å²) in [6.45, 7) is 4.90. The molecule has 0 aliphatic carbocycles. The van der Waals surface area contributed by atoms with E-state index >= 15 is 0 Å². The van der Waals surface area contributed by atoms with Crippen molar-refractivity contribution in [3.8, 4) is 5.75 Å². The van der Waals surface area contributed by atoms with Crippen molar-refractivity contribution < 1.29 is 9.53 Å². The standard InChI is InChI=1S/C21H27N3O2/c1-26-20-9-7-18(8-10-20)11-12-22-21(25)17-23-13-15-24(16-14-23)19-5-3-2-4-6-19/h2-10H,11-17H2,1H3,(H,22,25). The first kappa shape index (κ1) is 18.3. The maximum atomic E-state index is 12.2. The van der Waals surface area contributed by atoms with Gasteiger partial charge in [-0.1, -0.05) is 30.3 Å². The van der Waals surface area contributed by atoms with Gasteiger partial charge in [0.1, 0.15) is 5.75 Å². The van der Waals surface area contributed by atoms with E-state index in [9.17, 15) is 4.79 Å². The van der Waals surface area contributed by atoms with E-state index in [1.807, 2.05) is 30.3 Å². The molecule has 2 aromatic carbocycles. The lowest BCUT2D eigenvalue weighted by Gasteiger charge is -2.35. The Morgan fingerprint density at radius 2 is 1.69 bits per heavy atom. The van der Waals surface area contributed by atoms with Crippen molar-refractivity contribution >= 4 is 11.6 Å². The first-order chi connectivity index (χ1) is 12.7. The Morgan fingerprint density at radius 1 is 1.00 bits per heavy atom. The molecule has 138 valence electrons. The van der Waals surface area contributed by atoms with Gasteiger partial charge in [0.05, 0.1) is 13.7 Å². The summed E-state index contributed by atoms with van der Waals surface area (Å²) in [5.74, 6) is 0.958. The zero-order chi connectivity index (χ0) is 18.2. The highest BCUT2D eigenvalue weighted by atomic mass is 16.5. The molecule has 2 aromatic rings. The molecule has 0 unspecified atom stereocenters. The third-order valence-corrected chi connectivity index (χ3v) is 4.76. The van der Waals surface area contributed by atoms with Gasteiger partial charge in [-0.3, -0.25) is 9.69 Å². The molecule has 1 amide bonds. The van der Waals surface area contributed by atoms with Gasteiger partial charge in [0.25, 0.3) is 0 Å². The molecule has 0 saturated carbocycles. The zero-order valence-electron chi connectivity index (χ0n) is 15.4. The number of carbonyl (C=O) groups is 1. The van der Waals surface area contributed by atoms with E-state index in [4.69, 9.17) is 4.74 Å². The summed E-state index contributed by atoms with van der Waals surface area (Å²) in [6, 6.07) is 18.4. The van der Waals surface area contributed by atoms with Crippen molar-refractivity contribution in [2.24, 2.45) is 0 Å². The number of benzene rings is 2. The molecule has 1 fully saturated rings. The molecule has 1 aliphatic heterocycles. The Kier molecular flexibility index (Phi) is 6.50. The van der Waals surface area contributed by atoms with Gasteiger partial charge in [-0.05, 0) is 36.2 Å². The monoisotopic (exact) mass is 353 g/mol. The molecule has 1 aliphatic rings. The van der Waals surface area contributed by atoms with Gasteiger partial charge in [-0.25, -0.2) is 0 Å². The minimum atomic E-state index is 0.103. The normalized spacial score (nSPS) is 14.9. The van der Waals surface area contributed by atoms with E-state index < -0.39 is 0 Å². The zero-order valence-corrected chi connectivity index (χ0v) is 15.4. The van der Waals surface area contributed by atoms with Gasteiger partial charge in [-0.2, -0.15) is 0 Å². The van der Waals surface area contributed by atoms with E-state index in [1.165, 1.54) is 11.3 Å². The number of amides is 1. The highest BCUT2D eigenvalue weighted by molar-refractivity contribution is 5.78. The summed E-state index contributed by atoms with van der Waals surface area (Å²) < 4.78 is 5.15. The number of hydrogen-bond acceptors (Lipinski definition) is 4. The number of nitrogens with zero attached hydrogens (tertiary/aromatic N) is 2. The van der Waals surface area contributed by atoms with Crippen LogP contribution in [0.3, 0.4) is 0 Å². The molecule has 5 nitrogen and oxygen atoms in total. The highest BCUT2D eigenvalue weighted by Crippen LogP contribution is 2.15. The number of piperazine rings is 1. The van der Waals surface area contributed by atoms with Crippen molar-refractivity contribution in [3.05, 3.63) is 60.2 Å². The predicted octanol–water partition coefficient (Wildman–Crippen LogP) is 2.18. The smallest absolute Gasteiger partial charge is 0.234 e. The summed E-state index contributed by atoms with van der Waals surface area (Å²) in [4.78, 5) is 16.8. The lowest BCUT2D eigenvalue weighted by Crippen LogP contribution is -2.49. The fourth-order valence-corrected chi connectivity index (χ4v) is 3.20. The Labute approximate surface area is 155 Å². The molecule has 0 spiro atoms. The first-order valence-corrected chi connectivity index (χ1v) is 9.16. The van der Waals surface area contributed by atoms with E-state index in [0.29, 0.717) is 13.1 Å². The van der Waals surface area contributed by atoms with E-state index in [-0.39, 0.29) is 5.91 Å². The summed E-state index contributed by atoms with van der Waals surface area (Å²) in [7, 11) is 1.66. The Morgan fingerprint density at radius 3 is 2.35 bits per heavy atom. The maximum absolute atomic E-state index is 12.2. The number of rotatable bonds is 7. The number of ether oxygens (including phenoxy) is 1. The Bertz CT molecular complexity index is 680. The topological polar surface area (TPSA) is 44.8 Å². The van der Waals surface area contributed by atoms with Gasteiger partial charge in [0, 0.05) is 38.4 Å². The van der Waals surface area contributed by atoms with Crippen molar-refractivity contribution in [1.29, 1.82) is 0 Å². The second-order valence-corrected chi connectivity index (χ2v) is 6.55. The number of para-hydroxylation sites is 1. The van der Waals surface area contributed by atoms with Crippen LogP contribution in [-0.2, 0) is 11.2 Å². The van der Waals surface area contributed by atoms with Gasteiger partial charge in [-0.15, -0.1) is 0 Å². The summed E-state index contributed by atoms with van der Waals surface area (Å²) in [6.07, 6.45) is 0.831. The molecular formula is C21H27N3O2. The SMILES string of the molecule is COc1ccc(CCNC(=O)CN2CCN(c3ccccc3)CC2)cc1. The van der Waals surface area contributed by atoms with E-state index in [2.05, 4.69) is 39.4 Å². The summed E-state index contributed by atoms with van der Waals surface area (Å²) >= 11 is 0. The average Bonchev–Trinajstić information content (AvgIpc) is 2.70. The highest BCUT2D eigenvalue weighted by Gasteiger charge is 2.18. The van der Waals surface area contributed by atoms with Crippen LogP contribution in [0.25, 0.3) is 0 Å². The fourth-order valence-electron chi connectivity index (χ4n) is 3.20. The van der Waals surface area contributed by atoms with Crippen LogP contribution in [-0.4, -0.2) is 57.2 Å². The summed E-state index contributed by atoms with van der Waals surface area (Å²) in [5, 5.41) is 3.02. The van der Waals surface area contributed by atoms with Crippen LogP contribution < -0.4 is 15.0 Å². The number of methoxy groups -OCH3 is 1. The number of anilines is 1. The van der Waals surface area contributed by atoms with E-state index in [0.717, 1.165) is 38.3 Å². The second kappa shape index (κ2) is 9.25. The molecule has 3 rings (SSSR count). The predicted molar refractivity (Wildman–Crippen MR) is 105 cm³/mol. The molecule has 0 aromatic heterocycles. The van der Waals surface area contributed by atoms with Gasteiger partial charge >= 0.3 is 0 Å². The Balaban J connectivity index is 1.35. The van der Waals surface area contributed by atoms with Crippen LogP contribution in [0.5, 0.6) is 5.75 Å². The average molecular weight is 353 g/mol.